The van der Waals surface area contributed by atoms with Gasteiger partial charge in [-0.15, -0.1) is 11.3 Å². The van der Waals surface area contributed by atoms with Crippen LogP contribution < -0.4 is 5.32 Å². The molecule has 192 valence electrons. The summed E-state index contributed by atoms with van der Waals surface area (Å²) in [4.78, 5) is 29.8. The summed E-state index contributed by atoms with van der Waals surface area (Å²) in [6.45, 7) is 7.49. The van der Waals surface area contributed by atoms with E-state index in [9.17, 15) is 4.79 Å². The molecule has 6 rings (SSSR count). The van der Waals surface area contributed by atoms with E-state index in [2.05, 4.69) is 67.6 Å². The number of nitrogens with one attached hydrogen (secondary N) is 1. The summed E-state index contributed by atoms with van der Waals surface area (Å²) >= 11 is 3.34. The monoisotopic (exact) mass is 539 g/mol. The number of aromatic nitrogens is 3. The minimum Gasteiger partial charge on any atom is -0.325 e. The molecule has 2 atom stereocenters. The van der Waals surface area contributed by atoms with Gasteiger partial charge in [-0.25, -0.2) is 15.0 Å². The smallest absolute Gasteiger partial charge is 0.241 e. The molecule has 1 fully saturated rings. The summed E-state index contributed by atoms with van der Waals surface area (Å²) in [5.74, 6) is 0.0153. The summed E-state index contributed by atoms with van der Waals surface area (Å²) in [6, 6.07) is 22.7. The maximum absolute atomic E-state index is 13.7. The molecule has 3 aromatic carbocycles. The first-order valence-electron chi connectivity index (χ1n) is 12.8. The predicted molar refractivity (Wildman–Crippen MR) is 157 cm³/mol. The zero-order valence-corrected chi connectivity index (χ0v) is 23.3. The van der Waals surface area contributed by atoms with Gasteiger partial charge in [0.05, 0.1) is 21.3 Å². The third-order valence-corrected chi connectivity index (χ3v) is 8.88. The van der Waals surface area contributed by atoms with Gasteiger partial charge < -0.3 is 5.32 Å². The highest BCUT2D eigenvalue weighted by Crippen LogP contribution is 2.34. The van der Waals surface area contributed by atoms with E-state index in [0.717, 1.165) is 50.4 Å². The third kappa shape index (κ3) is 5.43. The van der Waals surface area contributed by atoms with Crippen LogP contribution in [0.1, 0.15) is 28.4 Å². The zero-order chi connectivity index (χ0) is 26.2. The number of hydrogen-bond donors (Lipinski definition) is 1. The molecule has 1 aliphatic heterocycles. The SMILES string of the molecule is Cc1cc(C)nc(S[C@H]2C[C@@H](C(=O)Nc3ccc4sc(C)nc4c3)N(Cc3ccc4ccccc4c3)C2)n1. The average molecular weight is 540 g/mol. The molecule has 0 unspecified atom stereocenters. The van der Waals surface area contributed by atoms with Crippen LogP contribution >= 0.6 is 23.1 Å². The number of fused-ring (bicyclic) bond motifs is 2. The van der Waals surface area contributed by atoms with Crippen molar-refractivity contribution in [1.82, 2.24) is 19.9 Å². The van der Waals surface area contributed by atoms with Gasteiger partial charge in [0.1, 0.15) is 0 Å². The van der Waals surface area contributed by atoms with Crippen molar-refractivity contribution in [1.29, 1.82) is 0 Å². The lowest BCUT2D eigenvalue weighted by Crippen LogP contribution is -2.39. The van der Waals surface area contributed by atoms with Crippen LogP contribution in [0.2, 0.25) is 0 Å². The molecule has 1 N–H and O–H groups in total. The first-order chi connectivity index (χ1) is 18.4. The van der Waals surface area contributed by atoms with Crippen LogP contribution in [-0.2, 0) is 11.3 Å². The van der Waals surface area contributed by atoms with E-state index in [1.807, 2.05) is 45.0 Å². The largest absolute Gasteiger partial charge is 0.325 e. The van der Waals surface area contributed by atoms with Gasteiger partial charge in [0.15, 0.2) is 5.16 Å². The second-order valence-electron chi connectivity index (χ2n) is 9.94. The molecular formula is C30H29N5OS2. The Morgan fingerprint density at radius 2 is 1.76 bits per heavy atom. The summed E-state index contributed by atoms with van der Waals surface area (Å²) in [5, 5.41) is 7.64. The number of rotatable bonds is 6. The molecule has 0 saturated carbocycles. The van der Waals surface area contributed by atoms with Gasteiger partial charge in [0, 0.05) is 35.4 Å². The number of hydrogen-bond acceptors (Lipinski definition) is 7. The van der Waals surface area contributed by atoms with Crippen LogP contribution in [0.15, 0.2) is 71.9 Å². The molecule has 5 aromatic rings. The Morgan fingerprint density at radius 1 is 0.974 bits per heavy atom. The number of aryl methyl sites for hydroxylation is 3. The van der Waals surface area contributed by atoms with Crippen LogP contribution in [0.3, 0.4) is 0 Å². The van der Waals surface area contributed by atoms with Gasteiger partial charge in [0.25, 0.3) is 0 Å². The minimum atomic E-state index is -0.252. The summed E-state index contributed by atoms with van der Waals surface area (Å²) in [6.07, 6.45) is 0.735. The highest BCUT2D eigenvalue weighted by molar-refractivity contribution is 7.99. The number of anilines is 1. The van der Waals surface area contributed by atoms with Crippen LogP contribution in [-0.4, -0.2) is 43.6 Å². The lowest BCUT2D eigenvalue weighted by atomic mass is 10.1. The van der Waals surface area contributed by atoms with Crippen LogP contribution in [0.5, 0.6) is 0 Å². The van der Waals surface area contributed by atoms with Crippen molar-refractivity contribution in [3.63, 3.8) is 0 Å². The zero-order valence-electron chi connectivity index (χ0n) is 21.6. The molecule has 2 aromatic heterocycles. The Kier molecular flexibility index (Phi) is 6.86. The van der Waals surface area contributed by atoms with Crippen molar-refractivity contribution in [2.45, 2.75) is 50.2 Å². The van der Waals surface area contributed by atoms with Gasteiger partial charge in [-0.1, -0.05) is 48.2 Å². The second-order valence-corrected chi connectivity index (χ2v) is 12.4. The van der Waals surface area contributed by atoms with E-state index >= 15 is 0 Å². The Morgan fingerprint density at radius 3 is 2.58 bits per heavy atom. The number of nitrogens with zero attached hydrogens (tertiary/aromatic N) is 4. The van der Waals surface area contributed by atoms with Gasteiger partial charge in [-0.2, -0.15) is 0 Å². The van der Waals surface area contributed by atoms with E-state index in [0.29, 0.717) is 6.54 Å². The fourth-order valence-corrected chi connectivity index (χ4v) is 7.25. The molecule has 1 aliphatic rings. The Balaban J connectivity index is 1.25. The van der Waals surface area contributed by atoms with E-state index in [-0.39, 0.29) is 17.2 Å². The van der Waals surface area contributed by atoms with E-state index in [1.54, 1.807) is 23.1 Å². The molecule has 6 nitrogen and oxygen atoms in total. The van der Waals surface area contributed by atoms with Crippen LogP contribution in [0.25, 0.3) is 21.0 Å². The Bertz CT molecular complexity index is 1630. The molecule has 0 spiro atoms. The van der Waals surface area contributed by atoms with E-state index < -0.39 is 0 Å². The van der Waals surface area contributed by atoms with E-state index in [1.165, 1.54) is 16.3 Å². The lowest BCUT2D eigenvalue weighted by molar-refractivity contribution is -0.120. The minimum absolute atomic E-state index is 0.0153. The quantitative estimate of drug-likeness (QED) is 0.247. The lowest BCUT2D eigenvalue weighted by Gasteiger charge is -2.24. The first kappa shape index (κ1) is 25.0. The number of amides is 1. The first-order valence-corrected chi connectivity index (χ1v) is 14.5. The van der Waals surface area contributed by atoms with Crippen LogP contribution in [0.4, 0.5) is 5.69 Å². The van der Waals surface area contributed by atoms with Gasteiger partial charge >= 0.3 is 0 Å². The van der Waals surface area contributed by atoms with Crippen molar-refractivity contribution in [3.8, 4) is 0 Å². The summed E-state index contributed by atoms with van der Waals surface area (Å²) < 4.78 is 1.13. The number of carbonyl (C=O) groups excluding carboxylic acids is 1. The highest BCUT2D eigenvalue weighted by Gasteiger charge is 2.37. The molecule has 1 amide bonds. The molecule has 3 heterocycles. The van der Waals surface area contributed by atoms with Crippen molar-refractivity contribution in [3.05, 3.63) is 88.7 Å². The second kappa shape index (κ2) is 10.4. The normalized spacial score (nSPS) is 17.9. The van der Waals surface area contributed by atoms with Gasteiger partial charge in [0.2, 0.25) is 5.91 Å². The van der Waals surface area contributed by atoms with Crippen molar-refractivity contribution >= 4 is 55.7 Å². The molecule has 8 heteroatoms. The number of benzene rings is 3. The van der Waals surface area contributed by atoms with Crippen molar-refractivity contribution in [2.75, 3.05) is 11.9 Å². The van der Waals surface area contributed by atoms with Crippen molar-refractivity contribution < 1.29 is 4.79 Å². The summed E-state index contributed by atoms with van der Waals surface area (Å²) in [7, 11) is 0. The highest BCUT2D eigenvalue weighted by atomic mass is 32.2. The number of likely N-dealkylation sites (tertiary alicyclic amines) is 1. The molecule has 1 saturated heterocycles. The summed E-state index contributed by atoms with van der Waals surface area (Å²) in [5.41, 5.74) is 4.84. The Labute approximate surface area is 230 Å². The number of thioether (sulfide) groups is 1. The predicted octanol–water partition coefficient (Wildman–Crippen LogP) is 6.54. The third-order valence-electron chi connectivity index (χ3n) is 6.86. The topological polar surface area (TPSA) is 71.0 Å². The molecule has 38 heavy (non-hydrogen) atoms. The maximum atomic E-state index is 13.7. The van der Waals surface area contributed by atoms with Crippen molar-refractivity contribution in [2.24, 2.45) is 0 Å². The van der Waals surface area contributed by atoms with Gasteiger partial charge in [-0.05, 0) is 73.9 Å². The maximum Gasteiger partial charge on any atom is 0.241 e. The van der Waals surface area contributed by atoms with Crippen LogP contribution in [0, 0.1) is 20.8 Å². The molecule has 0 radical (unpaired) electrons. The molecule has 0 aliphatic carbocycles. The number of carbonyl (C=O) groups is 1. The molecular weight excluding hydrogens is 510 g/mol. The molecule has 0 bridgehead atoms. The van der Waals surface area contributed by atoms with E-state index in [4.69, 9.17) is 0 Å². The fraction of sp³-hybridized carbons (Fsp3) is 0.267. The Hall–Kier alpha value is -3.33. The fourth-order valence-electron chi connectivity index (χ4n) is 5.21. The van der Waals surface area contributed by atoms with Gasteiger partial charge in [-0.3, -0.25) is 9.69 Å². The number of thiazole rings is 1. The standard InChI is InChI=1S/C30H29N5OS2/c1-18-12-19(2)32-30(31-18)38-25-15-27(29(36)34-24-10-11-28-26(14-24)33-20(3)37-28)35(17-25)16-21-8-9-22-6-4-5-7-23(22)13-21/h4-14,25,27H,15-17H2,1-3H3,(H,34,36)/t25-,27-/m0/s1. The average Bonchev–Trinajstić information content (AvgIpc) is 3.45.